The third-order valence-corrected chi connectivity index (χ3v) is 2.62. The summed E-state index contributed by atoms with van der Waals surface area (Å²) in [6.45, 7) is 2.89. The molecule has 0 atom stereocenters. The summed E-state index contributed by atoms with van der Waals surface area (Å²) in [5.41, 5.74) is 6.07. The smallest absolute Gasteiger partial charge is 0.223 e. The van der Waals surface area contributed by atoms with Crippen molar-refractivity contribution in [3.63, 3.8) is 0 Å². The van der Waals surface area contributed by atoms with Crippen LogP contribution in [0.2, 0.25) is 0 Å². The fraction of sp³-hybridized carbons (Fsp3) is 0.267. The van der Waals surface area contributed by atoms with Gasteiger partial charge in [-0.3, -0.25) is 0 Å². The van der Waals surface area contributed by atoms with Crippen molar-refractivity contribution in [3.8, 4) is 17.4 Å². The van der Waals surface area contributed by atoms with Gasteiger partial charge in [0.05, 0.1) is 12.8 Å². The summed E-state index contributed by atoms with van der Waals surface area (Å²) in [5.74, 6) is 1.27. The van der Waals surface area contributed by atoms with E-state index < -0.39 is 5.82 Å². The Morgan fingerprint density at radius 2 is 1.90 bits per heavy atom. The second kappa shape index (κ2) is 6.86. The first-order chi connectivity index (χ1) is 9.72. The van der Waals surface area contributed by atoms with Crippen LogP contribution >= 0.6 is 0 Å². The Balaban J connectivity index is 2.10. The number of aromatic nitrogens is 1. The minimum absolute atomic E-state index is 0.164. The standard InChI is InChI=1S/C15H17FN2O2/c1-2-7-19-13-3-5-14(6-4-13)20-15-11(9-17)8-12(16)10-18-15/h3-6,8,10H,2,7,9,17H2,1H3. The van der Waals surface area contributed by atoms with Gasteiger partial charge in [0.15, 0.2) is 0 Å². The van der Waals surface area contributed by atoms with E-state index in [0.29, 0.717) is 23.8 Å². The van der Waals surface area contributed by atoms with Gasteiger partial charge in [-0.05, 0) is 36.8 Å². The van der Waals surface area contributed by atoms with Crippen LogP contribution in [0, 0.1) is 5.82 Å². The average molecular weight is 276 g/mol. The van der Waals surface area contributed by atoms with Gasteiger partial charge in [0, 0.05) is 12.1 Å². The molecule has 0 fully saturated rings. The van der Waals surface area contributed by atoms with Crippen molar-refractivity contribution in [3.05, 3.63) is 47.9 Å². The van der Waals surface area contributed by atoms with Crippen molar-refractivity contribution in [2.45, 2.75) is 19.9 Å². The van der Waals surface area contributed by atoms with Crippen LogP contribution in [0.3, 0.4) is 0 Å². The molecule has 2 N–H and O–H groups in total. The van der Waals surface area contributed by atoms with Crippen molar-refractivity contribution in [2.75, 3.05) is 6.61 Å². The first-order valence-electron chi connectivity index (χ1n) is 6.48. The predicted molar refractivity (Wildman–Crippen MR) is 74.4 cm³/mol. The number of nitrogens with two attached hydrogens (primary N) is 1. The highest BCUT2D eigenvalue weighted by Crippen LogP contribution is 2.25. The third kappa shape index (κ3) is 3.68. The van der Waals surface area contributed by atoms with E-state index >= 15 is 0 Å². The van der Waals surface area contributed by atoms with E-state index in [4.69, 9.17) is 15.2 Å². The SMILES string of the molecule is CCCOc1ccc(Oc2ncc(F)cc2CN)cc1. The van der Waals surface area contributed by atoms with Gasteiger partial charge in [-0.2, -0.15) is 0 Å². The van der Waals surface area contributed by atoms with Crippen molar-refractivity contribution >= 4 is 0 Å². The van der Waals surface area contributed by atoms with Crippen LogP contribution in [-0.4, -0.2) is 11.6 Å². The second-order valence-corrected chi connectivity index (χ2v) is 4.24. The quantitative estimate of drug-likeness (QED) is 0.879. The largest absolute Gasteiger partial charge is 0.494 e. The number of halogens is 1. The first kappa shape index (κ1) is 14.3. The Kier molecular flexibility index (Phi) is 4.90. The lowest BCUT2D eigenvalue weighted by Gasteiger charge is -2.09. The van der Waals surface area contributed by atoms with Crippen LogP contribution in [0.25, 0.3) is 0 Å². The number of hydrogen-bond acceptors (Lipinski definition) is 4. The molecule has 0 spiro atoms. The van der Waals surface area contributed by atoms with Crippen LogP contribution in [-0.2, 0) is 6.54 Å². The highest BCUT2D eigenvalue weighted by atomic mass is 19.1. The van der Waals surface area contributed by atoms with Crippen molar-refractivity contribution < 1.29 is 13.9 Å². The van der Waals surface area contributed by atoms with Gasteiger partial charge in [-0.15, -0.1) is 0 Å². The van der Waals surface area contributed by atoms with Gasteiger partial charge in [-0.1, -0.05) is 6.92 Å². The summed E-state index contributed by atoms with van der Waals surface area (Å²) in [7, 11) is 0. The molecule has 0 amide bonds. The molecule has 106 valence electrons. The summed E-state index contributed by atoms with van der Waals surface area (Å²) in [4.78, 5) is 3.91. The Bertz CT molecular complexity index is 558. The molecule has 2 rings (SSSR count). The van der Waals surface area contributed by atoms with Gasteiger partial charge in [0.25, 0.3) is 0 Å². The van der Waals surface area contributed by atoms with Crippen molar-refractivity contribution in [1.82, 2.24) is 4.98 Å². The van der Waals surface area contributed by atoms with Gasteiger partial charge >= 0.3 is 0 Å². The molecule has 0 unspecified atom stereocenters. The van der Waals surface area contributed by atoms with Gasteiger partial charge < -0.3 is 15.2 Å². The molecular formula is C15H17FN2O2. The second-order valence-electron chi connectivity index (χ2n) is 4.24. The minimum Gasteiger partial charge on any atom is -0.494 e. The first-order valence-corrected chi connectivity index (χ1v) is 6.48. The molecule has 1 aromatic carbocycles. The van der Waals surface area contributed by atoms with Crippen LogP contribution in [0.15, 0.2) is 36.5 Å². The van der Waals surface area contributed by atoms with E-state index in [1.165, 1.54) is 6.07 Å². The summed E-state index contributed by atoms with van der Waals surface area (Å²) < 4.78 is 24.1. The molecule has 2 aromatic rings. The van der Waals surface area contributed by atoms with E-state index in [0.717, 1.165) is 18.4 Å². The Morgan fingerprint density at radius 1 is 1.20 bits per heavy atom. The lowest BCUT2D eigenvalue weighted by molar-refractivity contribution is 0.317. The topological polar surface area (TPSA) is 57.4 Å². The molecule has 1 heterocycles. The van der Waals surface area contributed by atoms with Gasteiger partial charge in [0.2, 0.25) is 5.88 Å². The van der Waals surface area contributed by atoms with Crippen LogP contribution in [0.5, 0.6) is 17.4 Å². The van der Waals surface area contributed by atoms with E-state index in [2.05, 4.69) is 4.98 Å². The summed E-state index contributed by atoms with van der Waals surface area (Å²) >= 11 is 0. The molecule has 0 aliphatic rings. The normalized spacial score (nSPS) is 10.3. The lowest BCUT2D eigenvalue weighted by atomic mass is 10.2. The molecule has 0 aliphatic carbocycles. The molecule has 0 saturated heterocycles. The van der Waals surface area contributed by atoms with Crippen LogP contribution in [0.1, 0.15) is 18.9 Å². The van der Waals surface area contributed by atoms with E-state index in [-0.39, 0.29) is 6.54 Å². The van der Waals surface area contributed by atoms with Gasteiger partial charge in [-0.25, -0.2) is 9.37 Å². The molecule has 0 bridgehead atoms. The molecule has 20 heavy (non-hydrogen) atoms. The zero-order chi connectivity index (χ0) is 14.4. The van der Waals surface area contributed by atoms with Crippen LogP contribution in [0.4, 0.5) is 4.39 Å². The highest BCUT2D eigenvalue weighted by molar-refractivity contribution is 5.36. The van der Waals surface area contributed by atoms with Crippen LogP contribution < -0.4 is 15.2 Å². The minimum atomic E-state index is -0.430. The Hall–Kier alpha value is -2.14. The van der Waals surface area contributed by atoms with Gasteiger partial charge in [0.1, 0.15) is 17.3 Å². The maximum Gasteiger partial charge on any atom is 0.223 e. The Labute approximate surface area is 117 Å². The summed E-state index contributed by atoms with van der Waals surface area (Å²) in [6.07, 6.45) is 2.06. The summed E-state index contributed by atoms with van der Waals surface area (Å²) in [5, 5.41) is 0. The monoisotopic (exact) mass is 276 g/mol. The molecular weight excluding hydrogens is 259 g/mol. The Morgan fingerprint density at radius 3 is 2.55 bits per heavy atom. The fourth-order valence-corrected chi connectivity index (χ4v) is 1.64. The maximum absolute atomic E-state index is 13.1. The zero-order valence-corrected chi connectivity index (χ0v) is 11.3. The fourth-order valence-electron chi connectivity index (χ4n) is 1.64. The number of pyridine rings is 1. The highest BCUT2D eigenvalue weighted by Gasteiger charge is 2.07. The molecule has 0 saturated carbocycles. The van der Waals surface area contributed by atoms with Crippen molar-refractivity contribution in [2.24, 2.45) is 5.73 Å². The number of nitrogens with zero attached hydrogens (tertiary/aromatic N) is 1. The summed E-state index contributed by atoms with van der Waals surface area (Å²) in [6, 6.07) is 8.50. The van der Waals surface area contributed by atoms with E-state index in [1.54, 1.807) is 12.1 Å². The van der Waals surface area contributed by atoms with E-state index in [1.807, 2.05) is 19.1 Å². The molecule has 5 heteroatoms. The predicted octanol–water partition coefficient (Wildman–Crippen LogP) is 3.26. The maximum atomic E-state index is 13.1. The number of ether oxygens (including phenoxy) is 2. The number of rotatable bonds is 6. The number of hydrogen-bond donors (Lipinski definition) is 1. The third-order valence-electron chi connectivity index (χ3n) is 2.62. The molecule has 4 nitrogen and oxygen atoms in total. The van der Waals surface area contributed by atoms with E-state index in [9.17, 15) is 4.39 Å². The lowest BCUT2D eigenvalue weighted by Crippen LogP contribution is -2.02. The molecule has 1 aromatic heterocycles. The molecule has 0 radical (unpaired) electrons. The average Bonchev–Trinajstić information content (AvgIpc) is 2.48. The zero-order valence-electron chi connectivity index (χ0n) is 11.3. The molecule has 0 aliphatic heterocycles. The van der Waals surface area contributed by atoms with Crippen molar-refractivity contribution in [1.29, 1.82) is 0 Å². The number of benzene rings is 1.